The molecule has 0 saturated carbocycles. The number of nitrogens with zero attached hydrogens (tertiary/aromatic N) is 3. The first-order valence-corrected chi connectivity index (χ1v) is 8.96. The van der Waals surface area contributed by atoms with E-state index in [4.69, 9.17) is 11.6 Å². The van der Waals surface area contributed by atoms with E-state index in [0.29, 0.717) is 29.6 Å². The van der Waals surface area contributed by atoms with Crippen LogP contribution in [0, 0.1) is 6.92 Å². The lowest BCUT2D eigenvalue weighted by atomic mass is 10.2. The van der Waals surface area contributed by atoms with Gasteiger partial charge in [-0.05, 0) is 31.9 Å². The highest BCUT2D eigenvalue weighted by Crippen LogP contribution is 2.20. The Morgan fingerprint density at radius 1 is 1.20 bits per heavy atom. The van der Waals surface area contributed by atoms with Gasteiger partial charge in [0, 0.05) is 35.4 Å². The predicted octanol–water partition coefficient (Wildman–Crippen LogP) is 3.52. The molecule has 6 heteroatoms. The van der Waals surface area contributed by atoms with E-state index < -0.39 is 0 Å². The minimum atomic E-state index is -0.233. The largest absolute Gasteiger partial charge is 0.341 e. The second-order valence-corrected chi connectivity index (χ2v) is 6.47. The molecular formula is C19H24ClN3O2. The summed E-state index contributed by atoms with van der Waals surface area (Å²) in [6, 6.07) is 8.60. The Labute approximate surface area is 153 Å². The summed E-state index contributed by atoms with van der Waals surface area (Å²) in [5.41, 5.74) is 1.10. The average Bonchev–Trinajstić information content (AvgIpc) is 2.56. The number of amides is 1. The Balaban J connectivity index is 2.43. The summed E-state index contributed by atoms with van der Waals surface area (Å²) >= 11 is 6.07. The van der Waals surface area contributed by atoms with Crippen LogP contribution in [0.15, 0.2) is 35.1 Å². The van der Waals surface area contributed by atoms with Crippen molar-refractivity contribution >= 4 is 17.5 Å². The van der Waals surface area contributed by atoms with Crippen molar-refractivity contribution in [3.05, 3.63) is 51.4 Å². The minimum Gasteiger partial charge on any atom is -0.341 e. The van der Waals surface area contributed by atoms with Crippen molar-refractivity contribution in [1.82, 2.24) is 14.5 Å². The summed E-state index contributed by atoms with van der Waals surface area (Å²) in [7, 11) is 0. The lowest BCUT2D eigenvalue weighted by molar-refractivity contribution is -0.132. The van der Waals surface area contributed by atoms with Crippen LogP contribution in [0.25, 0.3) is 11.4 Å². The highest BCUT2D eigenvalue weighted by molar-refractivity contribution is 6.30. The number of aromatic nitrogens is 2. The van der Waals surface area contributed by atoms with E-state index in [1.165, 1.54) is 10.6 Å². The van der Waals surface area contributed by atoms with Gasteiger partial charge in [-0.3, -0.25) is 14.2 Å². The van der Waals surface area contributed by atoms with Crippen molar-refractivity contribution in [1.29, 1.82) is 0 Å². The third-order valence-electron chi connectivity index (χ3n) is 3.85. The fourth-order valence-electron chi connectivity index (χ4n) is 2.76. The Kier molecular flexibility index (Phi) is 6.76. The highest BCUT2D eigenvalue weighted by Gasteiger charge is 2.17. The lowest BCUT2D eigenvalue weighted by Gasteiger charge is -2.22. The average molecular weight is 362 g/mol. The molecule has 0 N–H and O–H groups in total. The highest BCUT2D eigenvalue weighted by atomic mass is 35.5. The fourth-order valence-corrected chi connectivity index (χ4v) is 2.95. The number of hydrogen-bond donors (Lipinski definition) is 0. The molecule has 1 heterocycles. The van der Waals surface area contributed by atoms with Gasteiger partial charge < -0.3 is 4.90 Å². The molecule has 0 spiro atoms. The van der Waals surface area contributed by atoms with Crippen LogP contribution in [-0.2, 0) is 11.3 Å². The maximum absolute atomic E-state index is 12.7. The molecule has 2 rings (SSSR count). The zero-order valence-electron chi connectivity index (χ0n) is 15.0. The second-order valence-electron chi connectivity index (χ2n) is 6.04. The van der Waals surface area contributed by atoms with Crippen molar-refractivity contribution in [2.24, 2.45) is 0 Å². The van der Waals surface area contributed by atoms with Gasteiger partial charge in [0.1, 0.15) is 12.4 Å². The van der Waals surface area contributed by atoms with Gasteiger partial charge in [-0.25, -0.2) is 4.98 Å². The third kappa shape index (κ3) is 4.92. The minimum absolute atomic E-state index is 0.0199. The van der Waals surface area contributed by atoms with Crippen LogP contribution in [0.5, 0.6) is 0 Å². The topological polar surface area (TPSA) is 55.2 Å². The summed E-state index contributed by atoms with van der Waals surface area (Å²) in [5.74, 6) is 0.397. The quantitative estimate of drug-likeness (QED) is 0.758. The molecule has 5 nitrogen and oxygen atoms in total. The van der Waals surface area contributed by atoms with E-state index in [2.05, 4.69) is 4.98 Å². The normalized spacial score (nSPS) is 10.7. The molecule has 0 atom stereocenters. The molecular weight excluding hydrogens is 338 g/mol. The van der Waals surface area contributed by atoms with E-state index in [0.717, 1.165) is 18.4 Å². The first-order valence-electron chi connectivity index (χ1n) is 8.58. The molecule has 0 aliphatic rings. The Morgan fingerprint density at radius 3 is 2.48 bits per heavy atom. The van der Waals surface area contributed by atoms with Gasteiger partial charge in [0.05, 0.1) is 0 Å². The molecule has 1 aromatic heterocycles. The molecule has 0 fully saturated rings. The van der Waals surface area contributed by atoms with Gasteiger partial charge in [-0.2, -0.15) is 0 Å². The molecule has 1 amide bonds. The Morgan fingerprint density at radius 2 is 1.88 bits per heavy atom. The smallest absolute Gasteiger partial charge is 0.254 e. The zero-order valence-corrected chi connectivity index (χ0v) is 15.7. The van der Waals surface area contributed by atoms with Crippen molar-refractivity contribution in [3.8, 4) is 11.4 Å². The van der Waals surface area contributed by atoms with Crippen LogP contribution in [0.4, 0.5) is 0 Å². The number of hydrogen-bond acceptors (Lipinski definition) is 3. The molecule has 0 radical (unpaired) electrons. The van der Waals surface area contributed by atoms with Crippen LogP contribution in [-0.4, -0.2) is 33.4 Å². The third-order valence-corrected chi connectivity index (χ3v) is 4.09. The number of carbonyl (C=O) groups is 1. The van der Waals surface area contributed by atoms with Gasteiger partial charge in [-0.15, -0.1) is 0 Å². The molecule has 134 valence electrons. The monoisotopic (exact) mass is 361 g/mol. The molecule has 0 aliphatic carbocycles. The van der Waals surface area contributed by atoms with Crippen LogP contribution in [0.3, 0.4) is 0 Å². The second kappa shape index (κ2) is 8.81. The fraction of sp³-hybridized carbons (Fsp3) is 0.421. The number of carbonyl (C=O) groups excluding carboxylic acids is 1. The van der Waals surface area contributed by atoms with Crippen LogP contribution < -0.4 is 5.56 Å². The molecule has 25 heavy (non-hydrogen) atoms. The van der Waals surface area contributed by atoms with Crippen molar-refractivity contribution in [2.75, 3.05) is 13.1 Å². The molecule has 0 unspecified atom stereocenters. The van der Waals surface area contributed by atoms with E-state index >= 15 is 0 Å². The van der Waals surface area contributed by atoms with Crippen LogP contribution >= 0.6 is 11.6 Å². The first-order chi connectivity index (χ1) is 12.0. The summed E-state index contributed by atoms with van der Waals surface area (Å²) in [6.45, 7) is 7.19. The van der Waals surface area contributed by atoms with E-state index in [1.54, 1.807) is 30.0 Å². The molecule has 0 saturated heterocycles. The molecule has 0 aliphatic heterocycles. The van der Waals surface area contributed by atoms with Crippen molar-refractivity contribution < 1.29 is 4.79 Å². The van der Waals surface area contributed by atoms with Gasteiger partial charge in [-0.1, -0.05) is 37.6 Å². The summed E-state index contributed by atoms with van der Waals surface area (Å²) in [4.78, 5) is 31.5. The number of halogens is 1. The molecule has 2 aromatic rings. The predicted molar refractivity (Wildman–Crippen MR) is 101 cm³/mol. The first kappa shape index (κ1) is 19.2. The molecule has 0 bridgehead atoms. The van der Waals surface area contributed by atoms with Gasteiger partial charge in [0.2, 0.25) is 5.91 Å². The van der Waals surface area contributed by atoms with E-state index in [9.17, 15) is 9.59 Å². The standard InChI is InChI=1S/C19H24ClN3O2/c1-4-9-22(10-5-2)18(25)13-23-17(24)11-14(3)21-19(23)15-7-6-8-16(20)12-15/h6-8,11-12H,4-5,9-10,13H2,1-3H3. The van der Waals surface area contributed by atoms with Gasteiger partial charge in [0.25, 0.3) is 5.56 Å². The zero-order chi connectivity index (χ0) is 18.4. The summed E-state index contributed by atoms with van der Waals surface area (Å²) in [6.07, 6.45) is 1.77. The molecule has 1 aromatic carbocycles. The van der Waals surface area contributed by atoms with Gasteiger partial charge in [0.15, 0.2) is 0 Å². The van der Waals surface area contributed by atoms with Crippen LogP contribution in [0.1, 0.15) is 32.4 Å². The van der Waals surface area contributed by atoms with Crippen molar-refractivity contribution in [2.45, 2.75) is 40.2 Å². The van der Waals surface area contributed by atoms with E-state index in [-0.39, 0.29) is 18.0 Å². The van der Waals surface area contributed by atoms with Crippen LogP contribution in [0.2, 0.25) is 5.02 Å². The maximum Gasteiger partial charge on any atom is 0.254 e. The SMILES string of the molecule is CCCN(CCC)C(=O)Cn1c(-c2cccc(Cl)c2)nc(C)cc1=O. The van der Waals surface area contributed by atoms with Crippen molar-refractivity contribution in [3.63, 3.8) is 0 Å². The summed E-state index contributed by atoms with van der Waals surface area (Å²) in [5, 5.41) is 0.560. The number of rotatable bonds is 7. The number of aryl methyl sites for hydroxylation is 1. The lowest BCUT2D eigenvalue weighted by Crippen LogP contribution is -2.38. The maximum atomic E-state index is 12.7. The van der Waals surface area contributed by atoms with Gasteiger partial charge >= 0.3 is 0 Å². The Bertz CT molecular complexity index is 795. The number of benzene rings is 1. The Hall–Kier alpha value is -2.14. The summed E-state index contributed by atoms with van der Waals surface area (Å²) < 4.78 is 1.43. The van der Waals surface area contributed by atoms with E-state index in [1.807, 2.05) is 19.9 Å².